The molecule has 0 spiro atoms. The largest absolute Gasteiger partial charge is 0.399 e. The Morgan fingerprint density at radius 2 is 2.06 bits per heavy atom. The molecule has 5 nitrogen and oxygen atoms in total. The van der Waals surface area contributed by atoms with Crippen LogP contribution in [0, 0.1) is 0 Å². The summed E-state index contributed by atoms with van der Waals surface area (Å²) in [5.74, 6) is -0.190. The number of nitrogens with one attached hydrogen (secondary N) is 1. The van der Waals surface area contributed by atoms with E-state index in [1.807, 2.05) is 0 Å². The van der Waals surface area contributed by atoms with Crippen LogP contribution in [0.3, 0.4) is 0 Å². The average Bonchev–Trinajstić information content (AvgIpc) is 2.33. The zero-order valence-corrected chi connectivity index (χ0v) is 8.81. The second-order valence-electron chi connectivity index (χ2n) is 3.55. The molecule has 1 heterocycles. The zero-order valence-electron chi connectivity index (χ0n) is 8.81. The van der Waals surface area contributed by atoms with E-state index in [9.17, 15) is 4.79 Å². The number of amides is 1. The number of ether oxygens (including phenoxy) is 2. The monoisotopic (exact) mass is 222 g/mol. The second kappa shape index (κ2) is 4.96. The van der Waals surface area contributed by atoms with Crippen molar-refractivity contribution in [3.63, 3.8) is 0 Å². The molecule has 0 radical (unpaired) electrons. The van der Waals surface area contributed by atoms with Crippen molar-refractivity contribution in [2.24, 2.45) is 0 Å². The van der Waals surface area contributed by atoms with Gasteiger partial charge in [0.25, 0.3) is 5.91 Å². The molecule has 1 fully saturated rings. The molecular formula is C11H14N2O3. The van der Waals surface area contributed by atoms with Crippen LogP contribution < -0.4 is 11.1 Å². The highest BCUT2D eigenvalue weighted by molar-refractivity contribution is 5.94. The summed E-state index contributed by atoms with van der Waals surface area (Å²) in [7, 11) is 0. The number of nitrogen functional groups attached to an aromatic ring is 1. The van der Waals surface area contributed by atoms with Crippen molar-refractivity contribution in [2.75, 3.05) is 30.9 Å². The Bertz CT molecular complexity index is 358. The van der Waals surface area contributed by atoms with Gasteiger partial charge in [0.15, 0.2) is 6.10 Å². The van der Waals surface area contributed by atoms with E-state index >= 15 is 0 Å². The lowest BCUT2D eigenvalue weighted by molar-refractivity contribution is -0.142. The van der Waals surface area contributed by atoms with Crippen LogP contribution in [0.15, 0.2) is 24.3 Å². The molecule has 1 aliphatic rings. The van der Waals surface area contributed by atoms with Gasteiger partial charge >= 0.3 is 0 Å². The standard InChI is InChI=1S/C11H14N2O3/c12-8-1-3-9(4-2-8)13-11(14)10-7-15-5-6-16-10/h1-4,10H,5-7,12H2,(H,13,14). The molecule has 1 aromatic rings. The van der Waals surface area contributed by atoms with Gasteiger partial charge in [-0.2, -0.15) is 0 Å². The fourth-order valence-electron chi connectivity index (χ4n) is 1.43. The molecule has 1 unspecified atom stereocenters. The third-order valence-corrected chi connectivity index (χ3v) is 2.29. The Balaban J connectivity index is 1.93. The minimum Gasteiger partial charge on any atom is -0.399 e. The van der Waals surface area contributed by atoms with Crippen molar-refractivity contribution in [3.05, 3.63) is 24.3 Å². The SMILES string of the molecule is Nc1ccc(NC(=O)C2COCCO2)cc1. The minimum absolute atomic E-state index is 0.190. The maximum atomic E-state index is 11.7. The molecule has 16 heavy (non-hydrogen) atoms. The van der Waals surface area contributed by atoms with Gasteiger partial charge in [-0.1, -0.05) is 0 Å². The van der Waals surface area contributed by atoms with Crippen molar-refractivity contribution in [1.29, 1.82) is 0 Å². The van der Waals surface area contributed by atoms with Gasteiger partial charge < -0.3 is 20.5 Å². The van der Waals surface area contributed by atoms with E-state index in [1.54, 1.807) is 24.3 Å². The summed E-state index contributed by atoms with van der Waals surface area (Å²) < 4.78 is 10.4. The molecule has 1 atom stereocenters. The molecule has 1 amide bonds. The third-order valence-electron chi connectivity index (χ3n) is 2.29. The van der Waals surface area contributed by atoms with Crippen LogP contribution in [0.25, 0.3) is 0 Å². The summed E-state index contributed by atoms with van der Waals surface area (Å²) in [6.45, 7) is 1.31. The van der Waals surface area contributed by atoms with Crippen molar-refractivity contribution >= 4 is 17.3 Å². The van der Waals surface area contributed by atoms with Gasteiger partial charge in [0.05, 0.1) is 19.8 Å². The van der Waals surface area contributed by atoms with Crippen molar-refractivity contribution in [1.82, 2.24) is 0 Å². The summed E-state index contributed by atoms with van der Waals surface area (Å²) in [5, 5.41) is 2.74. The summed E-state index contributed by atoms with van der Waals surface area (Å²) in [4.78, 5) is 11.7. The fourth-order valence-corrected chi connectivity index (χ4v) is 1.43. The van der Waals surface area contributed by atoms with E-state index in [-0.39, 0.29) is 5.91 Å². The van der Waals surface area contributed by atoms with Crippen molar-refractivity contribution in [2.45, 2.75) is 6.10 Å². The summed E-state index contributed by atoms with van der Waals surface area (Å²) >= 11 is 0. The van der Waals surface area contributed by atoms with E-state index in [4.69, 9.17) is 15.2 Å². The number of carbonyl (C=O) groups is 1. The van der Waals surface area contributed by atoms with Crippen LogP contribution in [0.1, 0.15) is 0 Å². The molecule has 1 aliphatic heterocycles. The van der Waals surface area contributed by atoms with Crippen LogP contribution in [0.2, 0.25) is 0 Å². The summed E-state index contributed by atoms with van der Waals surface area (Å²) in [5.41, 5.74) is 6.91. The van der Waals surface area contributed by atoms with E-state index in [1.165, 1.54) is 0 Å². The lowest BCUT2D eigenvalue weighted by Gasteiger charge is -2.22. The molecular weight excluding hydrogens is 208 g/mol. The molecule has 1 aromatic carbocycles. The van der Waals surface area contributed by atoms with Gasteiger partial charge in [0, 0.05) is 11.4 Å². The smallest absolute Gasteiger partial charge is 0.255 e. The fraction of sp³-hybridized carbons (Fsp3) is 0.364. The van der Waals surface area contributed by atoms with E-state index in [0.717, 1.165) is 0 Å². The zero-order chi connectivity index (χ0) is 11.4. The number of hydrogen-bond donors (Lipinski definition) is 2. The van der Waals surface area contributed by atoms with Crippen molar-refractivity contribution in [3.8, 4) is 0 Å². The molecule has 5 heteroatoms. The van der Waals surface area contributed by atoms with Gasteiger partial charge in [0.2, 0.25) is 0 Å². The highest BCUT2D eigenvalue weighted by Gasteiger charge is 2.22. The van der Waals surface area contributed by atoms with E-state index < -0.39 is 6.10 Å². The average molecular weight is 222 g/mol. The van der Waals surface area contributed by atoms with E-state index in [2.05, 4.69) is 5.32 Å². The van der Waals surface area contributed by atoms with Crippen LogP contribution >= 0.6 is 0 Å². The Labute approximate surface area is 93.5 Å². The maximum absolute atomic E-state index is 11.7. The molecule has 2 rings (SSSR count). The van der Waals surface area contributed by atoms with Gasteiger partial charge in [-0.05, 0) is 24.3 Å². The van der Waals surface area contributed by atoms with Crippen LogP contribution in [0.4, 0.5) is 11.4 Å². The van der Waals surface area contributed by atoms with Gasteiger partial charge in [-0.25, -0.2) is 0 Å². The quantitative estimate of drug-likeness (QED) is 0.719. The molecule has 3 N–H and O–H groups in total. The highest BCUT2D eigenvalue weighted by Crippen LogP contribution is 2.12. The lowest BCUT2D eigenvalue weighted by atomic mass is 10.2. The summed E-state index contributed by atoms with van der Waals surface area (Å²) in [6, 6.07) is 6.95. The third kappa shape index (κ3) is 2.71. The Hall–Kier alpha value is -1.59. The number of anilines is 2. The minimum atomic E-state index is -0.522. The molecule has 86 valence electrons. The Morgan fingerprint density at radius 3 is 2.69 bits per heavy atom. The number of hydrogen-bond acceptors (Lipinski definition) is 4. The topological polar surface area (TPSA) is 73.6 Å². The first kappa shape index (κ1) is 10.9. The molecule has 0 aromatic heterocycles. The van der Waals surface area contributed by atoms with Gasteiger partial charge in [-0.3, -0.25) is 4.79 Å². The highest BCUT2D eigenvalue weighted by atomic mass is 16.6. The molecule has 1 saturated heterocycles. The predicted octanol–water partition coefficient (Wildman–Crippen LogP) is 0.623. The normalized spacial score (nSPS) is 20.4. The lowest BCUT2D eigenvalue weighted by Crippen LogP contribution is -2.39. The van der Waals surface area contributed by atoms with Crippen LogP contribution in [0.5, 0.6) is 0 Å². The number of rotatable bonds is 2. The van der Waals surface area contributed by atoms with Crippen LogP contribution in [-0.2, 0) is 14.3 Å². The molecule has 0 saturated carbocycles. The predicted molar refractivity (Wildman–Crippen MR) is 60.0 cm³/mol. The second-order valence-corrected chi connectivity index (χ2v) is 3.55. The first-order chi connectivity index (χ1) is 7.75. The Morgan fingerprint density at radius 1 is 1.31 bits per heavy atom. The van der Waals surface area contributed by atoms with Crippen LogP contribution in [-0.4, -0.2) is 31.8 Å². The number of nitrogens with two attached hydrogens (primary N) is 1. The maximum Gasteiger partial charge on any atom is 0.255 e. The Kier molecular flexibility index (Phi) is 3.38. The van der Waals surface area contributed by atoms with Gasteiger partial charge in [-0.15, -0.1) is 0 Å². The number of benzene rings is 1. The first-order valence-electron chi connectivity index (χ1n) is 5.11. The van der Waals surface area contributed by atoms with Crippen molar-refractivity contribution < 1.29 is 14.3 Å². The van der Waals surface area contributed by atoms with E-state index in [0.29, 0.717) is 31.2 Å². The first-order valence-corrected chi connectivity index (χ1v) is 5.11. The summed E-state index contributed by atoms with van der Waals surface area (Å²) in [6.07, 6.45) is -0.522. The molecule has 0 aliphatic carbocycles. The van der Waals surface area contributed by atoms with Gasteiger partial charge in [0.1, 0.15) is 0 Å². The molecule has 0 bridgehead atoms. The number of carbonyl (C=O) groups excluding carboxylic acids is 1.